The van der Waals surface area contributed by atoms with Crippen molar-refractivity contribution in [3.63, 3.8) is 0 Å². The van der Waals surface area contributed by atoms with Gasteiger partial charge < -0.3 is 5.73 Å². The van der Waals surface area contributed by atoms with Crippen LogP contribution in [0.4, 0.5) is 0 Å². The predicted molar refractivity (Wildman–Crippen MR) is 60.7 cm³/mol. The normalized spacial score (nSPS) is 19.3. The van der Waals surface area contributed by atoms with Crippen molar-refractivity contribution in [2.24, 2.45) is 5.73 Å². The van der Waals surface area contributed by atoms with Gasteiger partial charge in [0.05, 0.1) is 10.7 Å². The molecule has 1 fully saturated rings. The average molecular weight is 210 g/mol. The molecule has 1 saturated carbocycles. The summed E-state index contributed by atoms with van der Waals surface area (Å²) >= 11 is 1.83. The van der Waals surface area contributed by atoms with E-state index in [4.69, 9.17) is 10.7 Å². The average Bonchev–Trinajstić information content (AvgIpc) is 2.59. The van der Waals surface area contributed by atoms with Crippen LogP contribution >= 0.6 is 11.3 Å². The number of rotatable bonds is 4. The van der Waals surface area contributed by atoms with E-state index in [1.54, 1.807) is 0 Å². The van der Waals surface area contributed by atoms with Crippen LogP contribution in [-0.2, 0) is 11.8 Å². The molecular formula is C11H18N2S. The van der Waals surface area contributed by atoms with Gasteiger partial charge in [-0.2, -0.15) is 0 Å². The molecule has 0 radical (unpaired) electrons. The van der Waals surface area contributed by atoms with E-state index in [-0.39, 0.29) is 0 Å². The van der Waals surface area contributed by atoms with Crippen LogP contribution in [-0.4, -0.2) is 11.5 Å². The second-order valence-corrected chi connectivity index (χ2v) is 5.31. The highest BCUT2D eigenvalue weighted by Crippen LogP contribution is 2.44. The molecule has 0 aliphatic heterocycles. The zero-order valence-corrected chi connectivity index (χ0v) is 9.57. The van der Waals surface area contributed by atoms with E-state index in [9.17, 15) is 0 Å². The van der Waals surface area contributed by atoms with Crippen LogP contribution in [0, 0.1) is 0 Å². The third-order valence-electron chi connectivity index (χ3n) is 3.16. The molecule has 0 bridgehead atoms. The lowest BCUT2D eigenvalue weighted by atomic mass is 9.71. The van der Waals surface area contributed by atoms with Crippen molar-refractivity contribution in [3.8, 4) is 0 Å². The quantitative estimate of drug-likeness (QED) is 0.829. The molecule has 2 nitrogen and oxygen atoms in total. The van der Waals surface area contributed by atoms with Crippen molar-refractivity contribution >= 4 is 11.3 Å². The highest BCUT2D eigenvalue weighted by Gasteiger charge is 2.36. The minimum atomic E-state index is 0.408. The van der Waals surface area contributed by atoms with Crippen LogP contribution in [0.3, 0.4) is 0 Å². The van der Waals surface area contributed by atoms with Crippen LogP contribution in [0.15, 0.2) is 5.38 Å². The topological polar surface area (TPSA) is 38.9 Å². The molecule has 1 aromatic rings. The number of aromatic nitrogens is 1. The largest absolute Gasteiger partial charge is 0.330 e. The maximum Gasteiger partial charge on any atom is 0.0987 e. The molecule has 2 rings (SSSR count). The van der Waals surface area contributed by atoms with Gasteiger partial charge >= 0.3 is 0 Å². The van der Waals surface area contributed by atoms with E-state index < -0.39 is 0 Å². The minimum absolute atomic E-state index is 0.408. The molecule has 0 spiro atoms. The number of nitrogens with two attached hydrogens (primary N) is 1. The summed E-state index contributed by atoms with van der Waals surface area (Å²) in [6.07, 6.45) is 6.10. The fraction of sp³-hybridized carbons (Fsp3) is 0.727. The van der Waals surface area contributed by atoms with Crippen LogP contribution in [0.1, 0.15) is 43.3 Å². The van der Waals surface area contributed by atoms with Gasteiger partial charge in [0.15, 0.2) is 0 Å². The third kappa shape index (κ3) is 1.84. The molecule has 2 N–H and O–H groups in total. The Morgan fingerprint density at radius 1 is 1.57 bits per heavy atom. The molecule has 1 aliphatic carbocycles. The van der Waals surface area contributed by atoms with E-state index >= 15 is 0 Å². The molecule has 14 heavy (non-hydrogen) atoms. The van der Waals surface area contributed by atoms with E-state index in [0.717, 1.165) is 19.4 Å². The molecule has 0 aromatic carbocycles. The van der Waals surface area contributed by atoms with E-state index in [1.807, 2.05) is 11.3 Å². The highest BCUT2D eigenvalue weighted by molar-refractivity contribution is 7.09. The van der Waals surface area contributed by atoms with Gasteiger partial charge in [-0.1, -0.05) is 13.3 Å². The first kappa shape index (κ1) is 10.1. The lowest BCUT2D eigenvalue weighted by Crippen LogP contribution is -2.30. The Morgan fingerprint density at radius 3 is 2.93 bits per heavy atom. The first-order valence-electron chi connectivity index (χ1n) is 5.39. The van der Waals surface area contributed by atoms with Gasteiger partial charge in [-0.25, -0.2) is 4.98 Å². The monoisotopic (exact) mass is 210 g/mol. The van der Waals surface area contributed by atoms with Crippen molar-refractivity contribution in [1.29, 1.82) is 0 Å². The van der Waals surface area contributed by atoms with E-state index in [0.29, 0.717) is 5.41 Å². The maximum atomic E-state index is 5.48. The first-order chi connectivity index (χ1) is 6.74. The molecule has 0 atom stereocenters. The second-order valence-electron chi connectivity index (χ2n) is 4.45. The van der Waals surface area contributed by atoms with Gasteiger partial charge in [-0.15, -0.1) is 11.3 Å². The first-order valence-corrected chi connectivity index (χ1v) is 6.27. The van der Waals surface area contributed by atoms with Crippen molar-refractivity contribution in [2.75, 3.05) is 6.54 Å². The van der Waals surface area contributed by atoms with Gasteiger partial charge in [0.25, 0.3) is 0 Å². The summed E-state index contributed by atoms with van der Waals surface area (Å²) < 4.78 is 0. The van der Waals surface area contributed by atoms with Gasteiger partial charge in [-0.3, -0.25) is 0 Å². The smallest absolute Gasteiger partial charge is 0.0987 e. The molecule has 3 heteroatoms. The molecular weight excluding hydrogens is 192 g/mol. The number of hydrogen-bond acceptors (Lipinski definition) is 3. The zero-order chi connectivity index (χ0) is 10.0. The zero-order valence-electron chi connectivity index (χ0n) is 8.75. The molecule has 0 saturated heterocycles. The molecule has 78 valence electrons. The summed E-state index contributed by atoms with van der Waals surface area (Å²) in [5, 5.41) is 3.55. The SMILES string of the molecule is CC1(c2nc(CCCN)cs2)CCC1. The fourth-order valence-electron chi connectivity index (χ4n) is 1.90. The van der Waals surface area contributed by atoms with Crippen LogP contribution in [0.5, 0.6) is 0 Å². The Labute approximate surface area is 89.5 Å². The molecule has 0 unspecified atom stereocenters. The number of thiazole rings is 1. The van der Waals surface area contributed by atoms with Gasteiger partial charge in [-0.05, 0) is 32.2 Å². The lowest BCUT2D eigenvalue weighted by Gasteiger charge is -2.36. The number of aryl methyl sites for hydroxylation is 1. The molecule has 1 heterocycles. The Morgan fingerprint density at radius 2 is 2.36 bits per heavy atom. The van der Waals surface area contributed by atoms with Gasteiger partial charge in [0, 0.05) is 10.8 Å². The second kappa shape index (κ2) is 3.99. The summed E-state index contributed by atoms with van der Waals surface area (Å²) in [6, 6.07) is 0. The van der Waals surface area contributed by atoms with Gasteiger partial charge in [0.1, 0.15) is 0 Å². The summed E-state index contributed by atoms with van der Waals surface area (Å²) in [5.41, 5.74) is 7.13. The van der Waals surface area contributed by atoms with Crippen LogP contribution in [0.25, 0.3) is 0 Å². The summed E-state index contributed by atoms with van der Waals surface area (Å²) in [4.78, 5) is 4.70. The predicted octanol–water partition coefficient (Wildman–Crippen LogP) is 2.48. The number of hydrogen-bond donors (Lipinski definition) is 1. The number of nitrogens with zero attached hydrogens (tertiary/aromatic N) is 1. The maximum absolute atomic E-state index is 5.48. The highest BCUT2D eigenvalue weighted by atomic mass is 32.1. The molecule has 0 amide bonds. The standard InChI is InChI=1S/C11H18N2S/c1-11(5-3-6-11)10-13-9(8-14-10)4-2-7-12/h8H,2-7,12H2,1H3. The van der Waals surface area contributed by atoms with Crippen molar-refractivity contribution < 1.29 is 0 Å². The van der Waals surface area contributed by atoms with Gasteiger partial charge in [0.2, 0.25) is 0 Å². The Balaban J connectivity index is 2.02. The molecule has 1 aliphatic rings. The Kier molecular flexibility index (Phi) is 2.88. The summed E-state index contributed by atoms with van der Waals surface area (Å²) in [6.45, 7) is 3.10. The van der Waals surface area contributed by atoms with Crippen molar-refractivity contribution in [1.82, 2.24) is 4.98 Å². The van der Waals surface area contributed by atoms with Crippen molar-refractivity contribution in [2.45, 2.75) is 44.4 Å². The van der Waals surface area contributed by atoms with E-state index in [2.05, 4.69) is 12.3 Å². The lowest BCUT2D eigenvalue weighted by molar-refractivity contribution is 0.271. The third-order valence-corrected chi connectivity index (χ3v) is 4.36. The van der Waals surface area contributed by atoms with Crippen LogP contribution in [0.2, 0.25) is 0 Å². The summed E-state index contributed by atoms with van der Waals surface area (Å²) in [7, 11) is 0. The molecule has 1 aromatic heterocycles. The van der Waals surface area contributed by atoms with E-state index in [1.165, 1.54) is 30.0 Å². The van der Waals surface area contributed by atoms with Crippen LogP contribution < -0.4 is 5.73 Å². The Hall–Kier alpha value is -0.410. The summed E-state index contributed by atoms with van der Waals surface area (Å²) in [5.74, 6) is 0. The Bertz CT molecular complexity index is 302. The minimum Gasteiger partial charge on any atom is -0.330 e. The fourth-order valence-corrected chi connectivity index (χ4v) is 2.98. The van der Waals surface area contributed by atoms with Crippen molar-refractivity contribution in [3.05, 3.63) is 16.1 Å².